The number of anilines is 1. The number of benzene rings is 1. The van der Waals surface area contributed by atoms with Gasteiger partial charge in [0, 0.05) is 23.3 Å². The Labute approximate surface area is 109 Å². The number of nitrogens with zero attached hydrogens (tertiary/aromatic N) is 1. The highest BCUT2D eigenvalue weighted by molar-refractivity contribution is 6.30. The third-order valence-electron chi connectivity index (χ3n) is 3.55. The highest BCUT2D eigenvalue weighted by Crippen LogP contribution is 2.32. The van der Waals surface area contributed by atoms with Crippen molar-refractivity contribution in [3.05, 3.63) is 28.8 Å². The second-order valence-corrected chi connectivity index (χ2v) is 5.59. The van der Waals surface area contributed by atoms with Crippen molar-refractivity contribution in [2.45, 2.75) is 32.7 Å². The van der Waals surface area contributed by atoms with E-state index in [9.17, 15) is 0 Å². The Morgan fingerprint density at radius 1 is 1.41 bits per heavy atom. The summed E-state index contributed by atoms with van der Waals surface area (Å²) in [6.07, 6.45) is 2.16. The number of hydrogen-bond acceptors (Lipinski definition) is 2. The molecule has 0 bridgehead atoms. The lowest BCUT2D eigenvalue weighted by atomic mass is 10.1. The van der Waals surface area contributed by atoms with E-state index in [0.29, 0.717) is 12.6 Å². The summed E-state index contributed by atoms with van der Waals surface area (Å²) >= 11 is 6.06. The third-order valence-corrected chi connectivity index (χ3v) is 3.78. The highest BCUT2D eigenvalue weighted by Gasteiger charge is 2.27. The first kappa shape index (κ1) is 12.7. The molecule has 1 aromatic carbocycles. The fourth-order valence-corrected chi connectivity index (χ4v) is 3.02. The zero-order chi connectivity index (χ0) is 12.4. The molecule has 2 atom stereocenters. The molecule has 1 heterocycles. The van der Waals surface area contributed by atoms with Gasteiger partial charge in [-0.3, -0.25) is 0 Å². The van der Waals surface area contributed by atoms with E-state index < -0.39 is 0 Å². The minimum absolute atomic E-state index is 0.614. The van der Waals surface area contributed by atoms with Crippen LogP contribution in [0.2, 0.25) is 5.02 Å². The van der Waals surface area contributed by atoms with Crippen LogP contribution in [0.5, 0.6) is 0 Å². The molecule has 1 aliphatic rings. The molecule has 3 heteroatoms. The monoisotopic (exact) mass is 252 g/mol. The largest absolute Gasteiger partial charge is 0.368 e. The lowest BCUT2D eigenvalue weighted by Crippen LogP contribution is -2.28. The standard InChI is InChI=1S/C14H21ClN2/c1-10-7-11(2)17(9-10)14-4-3-13(15)8-12(14)5-6-16/h3-4,8,10-11H,5-7,9,16H2,1-2H3. The van der Waals surface area contributed by atoms with Crippen LogP contribution in [0.1, 0.15) is 25.8 Å². The van der Waals surface area contributed by atoms with Gasteiger partial charge in [0.15, 0.2) is 0 Å². The molecule has 2 unspecified atom stereocenters. The zero-order valence-electron chi connectivity index (χ0n) is 10.6. The summed E-state index contributed by atoms with van der Waals surface area (Å²) in [5.41, 5.74) is 8.27. The normalized spacial score (nSPS) is 24.4. The van der Waals surface area contributed by atoms with E-state index in [0.717, 1.165) is 23.9 Å². The first-order chi connectivity index (χ1) is 8.11. The van der Waals surface area contributed by atoms with E-state index in [1.54, 1.807) is 0 Å². The summed E-state index contributed by atoms with van der Waals surface area (Å²) in [4.78, 5) is 2.49. The molecule has 0 aliphatic carbocycles. The van der Waals surface area contributed by atoms with Crippen molar-refractivity contribution in [3.63, 3.8) is 0 Å². The Kier molecular flexibility index (Phi) is 3.95. The smallest absolute Gasteiger partial charge is 0.0410 e. The van der Waals surface area contributed by atoms with Crippen molar-refractivity contribution in [1.82, 2.24) is 0 Å². The first-order valence-corrected chi connectivity index (χ1v) is 6.74. The molecule has 0 aromatic heterocycles. The van der Waals surface area contributed by atoms with Crippen molar-refractivity contribution in [2.24, 2.45) is 11.7 Å². The van der Waals surface area contributed by atoms with Crippen LogP contribution in [-0.4, -0.2) is 19.1 Å². The number of halogens is 1. The number of nitrogens with two attached hydrogens (primary N) is 1. The minimum Gasteiger partial charge on any atom is -0.368 e. The van der Waals surface area contributed by atoms with Crippen molar-refractivity contribution in [1.29, 1.82) is 0 Å². The maximum absolute atomic E-state index is 6.06. The molecule has 1 aromatic rings. The molecular weight excluding hydrogens is 232 g/mol. The topological polar surface area (TPSA) is 29.3 Å². The van der Waals surface area contributed by atoms with E-state index in [-0.39, 0.29) is 0 Å². The molecule has 0 saturated carbocycles. The second kappa shape index (κ2) is 5.28. The molecule has 1 aliphatic heterocycles. The average molecular weight is 253 g/mol. The lowest BCUT2D eigenvalue weighted by Gasteiger charge is -2.26. The van der Waals surface area contributed by atoms with E-state index in [1.807, 2.05) is 6.07 Å². The summed E-state index contributed by atoms with van der Waals surface area (Å²) in [7, 11) is 0. The van der Waals surface area contributed by atoms with Crippen LogP contribution in [-0.2, 0) is 6.42 Å². The molecule has 1 fully saturated rings. The third kappa shape index (κ3) is 2.75. The molecule has 2 N–H and O–H groups in total. The summed E-state index contributed by atoms with van der Waals surface area (Å²) in [5.74, 6) is 0.770. The maximum Gasteiger partial charge on any atom is 0.0410 e. The van der Waals surface area contributed by atoms with Gasteiger partial charge in [-0.2, -0.15) is 0 Å². The van der Waals surface area contributed by atoms with Crippen molar-refractivity contribution in [3.8, 4) is 0 Å². The van der Waals surface area contributed by atoms with Crippen LogP contribution < -0.4 is 10.6 Å². The van der Waals surface area contributed by atoms with Crippen LogP contribution in [0.3, 0.4) is 0 Å². The molecule has 17 heavy (non-hydrogen) atoms. The summed E-state index contributed by atoms with van der Waals surface area (Å²) in [6, 6.07) is 6.79. The fourth-order valence-electron chi connectivity index (χ4n) is 2.83. The van der Waals surface area contributed by atoms with Crippen LogP contribution in [0.4, 0.5) is 5.69 Å². The molecule has 94 valence electrons. The lowest BCUT2D eigenvalue weighted by molar-refractivity contribution is 0.625. The SMILES string of the molecule is CC1CC(C)N(c2ccc(Cl)cc2CCN)C1. The van der Waals surface area contributed by atoms with Gasteiger partial charge in [0.2, 0.25) is 0 Å². The fraction of sp³-hybridized carbons (Fsp3) is 0.571. The molecule has 0 radical (unpaired) electrons. The minimum atomic E-state index is 0.614. The van der Waals surface area contributed by atoms with Gasteiger partial charge in [0.25, 0.3) is 0 Å². The van der Waals surface area contributed by atoms with Gasteiger partial charge in [0.1, 0.15) is 0 Å². The van der Waals surface area contributed by atoms with Crippen LogP contribution >= 0.6 is 11.6 Å². The first-order valence-electron chi connectivity index (χ1n) is 6.37. The number of hydrogen-bond donors (Lipinski definition) is 1. The van der Waals surface area contributed by atoms with Gasteiger partial charge in [-0.15, -0.1) is 0 Å². The Bertz CT molecular complexity index is 392. The van der Waals surface area contributed by atoms with Gasteiger partial charge in [-0.25, -0.2) is 0 Å². The van der Waals surface area contributed by atoms with Gasteiger partial charge in [0.05, 0.1) is 0 Å². The highest BCUT2D eigenvalue weighted by atomic mass is 35.5. The second-order valence-electron chi connectivity index (χ2n) is 5.15. The average Bonchev–Trinajstić information content (AvgIpc) is 2.59. The molecule has 0 amide bonds. The molecule has 0 spiro atoms. The maximum atomic E-state index is 6.06. The van der Waals surface area contributed by atoms with Crippen molar-refractivity contribution < 1.29 is 0 Å². The van der Waals surface area contributed by atoms with Gasteiger partial charge < -0.3 is 10.6 Å². The van der Waals surface area contributed by atoms with Crippen LogP contribution in [0.25, 0.3) is 0 Å². The molecular formula is C14H21ClN2. The van der Waals surface area contributed by atoms with Crippen molar-refractivity contribution >= 4 is 17.3 Å². The summed E-state index contributed by atoms with van der Waals surface area (Å²) in [5, 5.41) is 0.803. The molecule has 1 saturated heterocycles. The zero-order valence-corrected chi connectivity index (χ0v) is 11.4. The summed E-state index contributed by atoms with van der Waals surface area (Å²) < 4.78 is 0. The Morgan fingerprint density at radius 2 is 2.18 bits per heavy atom. The number of rotatable bonds is 3. The molecule has 2 rings (SSSR count). The predicted molar refractivity (Wildman–Crippen MR) is 74.8 cm³/mol. The van der Waals surface area contributed by atoms with E-state index in [2.05, 4.69) is 30.9 Å². The van der Waals surface area contributed by atoms with Crippen molar-refractivity contribution in [2.75, 3.05) is 18.0 Å². The van der Waals surface area contributed by atoms with Gasteiger partial charge in [-0.05, 0) is 56.0 Å². The Balaban J connectivity index is 2.30. The van der Waals surface area contributed by atoms with Crippen LogP contribution in [0, 0.1) is 5.92 Å². The van der Waals surface area contributed by atoms with E-state index >= 15 is 0 Å². The predicted octanol–water partition coefficient (Wildman–Crippen LogP) is 3.08. The quantitative estimate of drug-likeness (QED) is 0.896. The van der Waals surface area contributed by atoms with E-state index in [4.69, 9.17) is 17.3 Å². The van der Waals surface area contributed by atoms with Gasteiger partial charge in [-0.1, -0.05) is 18.5 Å². The van der Waals surface area contributed by atoms with Gasteiger partial charge >= 0.3 is 0 Å². The van der Waals surface area contributed by atoms with E-state index in [1.165, 1.54) is 17.7 Å². The van der Waals surface area contributed by atoms with Crippen LogP contribution in [0.15, 0.2) is 18.2 Å². The summed E-state index contributed by atoms with van der Waals surface area (Å²) in [6.45, 7) is 6.42. The molecule has 2 nitrogen and oxygen atoms in total. The Morgan fingerprint density at radius 3 is 2.76 bits per heavy atom. The Hall–Kier alpha value is -0.730.